The highest BCUT2D eigenvalue weighted by Crippen LogP contribution is 1.99. The van der Waals surface area contributed by atoms with Gasteiger partial charge in [0.15, 0.2) is 0 Å². The molecule has 0 amide bonds. The van der Waals surface area contributed by atoms with E-state index in [1.54, 1.807) is 0 Å². The molecule has 0 bridgehead atoms. The highest BCUT2D eigenvalue weighted by atomic mass is 32.2. The van der Waals surface area contributed by atoms with E-state index in [2.05, 4.69) is 19.2 Å². The molecule has 1 N–H and O–H groups in total. The summed E-state index contributed by atoms with van der Waals surface area (Å²) in [6.45, 7) is 10.5. The van der Waals surface area contributed by atoms with Crippen LogP contribution in [0.4, 0.5) is 0 Å². The summed E-state index contributed by atoms with van der Waals surface area (Å²) in [4.78, 5) is 0. The predicted octanol–water partition coefficient (Wildman–Crippen LogP) is 0.904. The van der Waals surface area contributed by atoms with Crippen LogP contribution in [-0.4, -0.2) is 44.7 Å². The Kier molecular flexibility index (Phi) is 7.13. The van der Waals surface area contributed by atoms with Crippen molar-refractivity contribution in [1.82, 2.24) is 9.62 Å². The molecule has 0 aromatic rings. The summed E-state index contributed by atoms with van der Waals surface area (Å²) < 4.78 is 25.0. The van der Waals surface area contributed by atoms with E-state index < -0.39 is 10.0 Å². The molecule has 0 heterocycles. The van der Waals surface area contributed by atoms with E-state index in [1.807, 2.05) is 13.8 Å². The van der Waals surface area contributed by atoms with Crippen molar-refractivity contribution in [2.24, 2.45) is 5.92 Å². The normalized spacial score (nSPS) is 12.7. The topological polar surface area (TPSA) is 49.4 Å². The second-order valence-corrected chi connectivity index (χ2v) is 6.09. The minimum atomic E-state index is -3.05. The van der Waals surface area contributed by atoms with E-state index in [0.29, 0.717) is 25.6 Å². The van der Waals surface area contributed by atoms with Crippen LogP contribution in [0.2, 0.25) is 0 Å². The molecule has 4 nitrogen and oxygen atoms in total. The first-order chi connectivity index (χ1) is 6.94. The summed E-state index contributed by atoms with van der Waals surface area (Å²) in [5, 5.41) is 3.14. The molecule has 0 radical (unpaired) electrons. The standard InChI is InChI=1S/C10H24N2O2S/c1-5-12(6-2)15(13,14)8-7-11-9-10(3)4/h10-11H,5-9H2,1-4H3. The summed E-state index contributed by atoms with van der Waals surface area (Å²) in [5.74, 6) is 0.752. The Morgan fingerprint density at radius 2 is 1.73 bits per heavy atom. The molecule has 15 heavy (non-hydrogen) atoms. The molecule has 0 saturated heterocycles. The third-order valence-electron chi connectivity index (χ3n) is 2.19. The van der Waals surface area contributed by atoms with Crippen LogP contribution in [0, 0.1) is 5.92 Å². The monoisotopic (exact) mass is 236 g/mol. The SMILES string of the molecule is CCN(CC)S(=O)(=O)CCNCC(C)C. The lowest BCUT2D eigenvalue weighted by Gasteiger charge is -2.18. The van der Waals surface area contributed by atoms with Crippen LogP contribution in [-0.2, 0) is 10.0 Å². The first-order valence-corrected chi connectivity index (χ1v) is 7.23. The molecule has 0 unspecified atom stereocenters. The second-order valence-electron chi connectivity index (χ2n) is 4.00. The molecule has 0 aliphatic rings. The van der Waals surface area contributed by atoms with Gasteiger partial charge in [-0.25, -0.2) is 12.7 Å². The van der Waals surface area contributed by atoms with Gasteiger partial charge in [0.05, 0.1) is 5.75 Å². The maximum atomic E-state index is 11.7. The third-order valence-corrected chi connectivity index (χ3v) is 4.21. The summed E-state index contributed by atoms with van der Waals surface area (Å²) in [6, 6.07) is 0. The number of hydrogen-bond donors (Lipinski definition) is 1. The molecule has 0 aliphatic heterocycles. The largest absolute Gasteiger partial charge is 0.315 e. The van der Waals surface area contributed by atoms with Crippen LogP contribution in [0.5, 0.6) is 0 Å². The van der Waals surface area contributed by atoms with Crippen molar-refractivity contribution in [2.45, 2.75) is 27.7 Å². The van der Waals surface area contributed by atoms with Gasteiger partial charge in [-0.05, 0) is 12.5 Å². The molecule has 0 fully saturated rings. The van der Waals surface area contributed by atoms with E-state index in [9.17, 15) is 8.42 Å². The molecule has 0 aliphatic carbocycles. The number of hydrogen-bond acceptors (Lipinski definition) is 3. The Labute approximate surface area is 94.1 Å². The molecule has 0 aromatic carbocycles. The Bertz CT molecular complexity index is 246. The van der Waals surface area contributed by atoms with Crippen LogP contribution in [0.25, 0.3) is 0 Å². The molecule has 5 heteroatoms. The summed E-state index contributed by atoms with van der Waals surface area (Å²) >= 11 is 0. The second kappa shape index (κ2) is 7.19. The van der Waals surface area contributed by atoms with E-state index in [1.165, 1.54) is 4.31 Å². The van der Waals surface area contributed by atoms with Crippen molar-refractivity contribution >= 4 is 10.0 Å². The molecule has 0 aromatic heterocycles. The van der Waals surface area contributed by atoms with Gasteiger partial charge in [-0.1, -0.05) is 27.7 Å². The minimum absolute atomic E-state index is 0.196. The molecular weight excluding hydrogens is 212 g/mol. The minimum Gasteiger partial charge on any atom is -0.315 e. The average molecular weight is 236 g/mol. The zero-order chi connectivity index (χ0) is 11.9. The van der Waals surface area contributed by atoms with E-state index in [0.717, 1.165) is 6.54 Å². The van der Waals surface area contributed by atoms with Crippen LogP contribution in [0.1, 0.15) is 27.7 Å². The zero-order valence-electron chi connectivity index (χ0n) is 10.3. The Hall–Kier alpha value is -0.130. The molecule has 92 valence electrons. The lowest BCUT2D eigenvalue weighted by atomic mass is 10.2. The van der Waals surface area contributed by atoms with Gasteiger partial charge in [0.2, 0.25) is 10.0 Å². The average Bonchev–Trinajstić information content (AvgIpc) is 2.14. The van der Waals surface area contributed by atoms with Gasteiger partial charge in [-0.3, -0.25) is 0 Å². The lowest BCUT2D eigenvalue weighted by Crippen LogP contribution is -2.36. The maximum absolute atomic E-state index is 11.7. The van der Waals surface area contributed by atoms with Gasteiger partial charge in [-0.2, -0.15) is 0 Å². The molecule has 0 saturated carbocycles. The predicted molar refractivity (Wildman–Crippen MR) is 64.4 cm³/mol. The van der Waals surface area contributed by atoms with Crippen molar-refractivity contribution in [3.63, 3.8) is 0 Å². The molecule has 0 atom stereocenters. The van der Waals surface area contributed by atoms with Crippen LogP contribution in [0.15, 0.2) is 0 Å². The van der Waals surface area contributed by atoms with Crippen molar-refractivity contribution in [2.75, 3.05) is 31.9 Å². The number of sulfonamides is 1. The number of nitrogens with zero attached hydrogens (tertiary/aromatic N) is 1. The number of rotatable bonds is 8. The van der Waals surface area contributed by atoms with Crippen molar-refractivity contribution in [3.8, 4) is 0 Å². The summed E-state index contributed by atoms with van der Waals surface area (Å²) in [7, 11) is -3.05. The fourth-order valence-electron chi connectivity index (χ4n) is 1.34. The maximum Gasteiger partial charge on any atom is 0.215 e. The van der Waals surface area contributed by atoms with E-state index in [-0.39, 0.29) is 5.75 Å². The quantitative estimate of drug-likeness (QED) is 0.637. The van der Waals surface area contributed by atoms with E-state index >= 15 is 0 Å². The van der Waals surface area contributed by atoms with Gasteiger partial charge in [0.25, 0.3) is 0 Å². The third kappa shape index (κ3) is 6.12. The zero-order valence-corrected chi connectivity index (χ0v) is 11.1. The van der Waals surface area contributed by atoms with Gasteiger partial charge in [-0.15, -0.1) is 0 Å². The summed E-state index contributed by atoms with van der Waals surface area (Å²) in [6.07, 6.45) is 0. The Morgan fingerprint density at radius 3 is 2.13 bits per heavy atom. The fourth-order valence-corrected chi connectivity index (χ4v) is 2.79. The Morgan fingerprint density at radius 1 is 1.20 bits per heavy atom. The number of nitrogens with one attached hydrogen (secondary N) is 1. The first-order valence-electron chi connectivity index (χ1n) is 5.62. The molecular formula is C10H24N2O2S. The highest BCUT2D eigenvalue weighted by molar-refractivity contribution is 7.89. The fraction of sp³-hybridized carbons (Fsp3) is 1.00. The Balaban J connectivity index is 3.94. The molecule has 0 spiro atoms. The van der Waals surface area contributed by atoms with Gasteiger partial charge in [0.1, 0.15) is 0 Å². The van der Waals surface area contributed by atoms with Crippen molar-refractivity contribution in [1.29, 1.82) is 0 Å². The van der Waals surface area contributed by atoms with E-state index in [4.69, 9.17) is 0 Å². The first kappa shape index (κ1) is 14.9. The van der Waals surface area contributed by atoms with Crippen LogP contribution in [0.3, 0.4) is 0 Å². The van der Waals surface area contributed by atoms with Gasteiger partial charge in [0, 0.05) is 19.6 Å². The van der Waals surface area contributed by atoms with Gasteiger partial charge >= 0.3 is 0 Å². The van der Waals surface area contributed by atoms with Crippen LogP contribution >= 0.6 is 0 Å². The van der Waals surface area contributed by atoms with Gasteiger partial charge < -0.3 is 5.32 Å². The summed E-state index contributed by atoms with van der Waals surface area (Å²) in [5.41, 5.74) is 0. The van der Waals surface area contributed by atoms with Crippen LogP contribution < -0.4 is 5.32 Å². The van der Waals surface area contributed by atoms with Crippen molar-refractivity contribution < 1.29 is 8.42 Å². The lowest BCUT2D eigenvalue weighted by molar-refractivity contribution is 0.443. The highest BCUT2D eigenvalue weighted by Gasteiger charge is 2.17. The molecule has 0 rings (SSSR count). The van der Waals surface area contributed by atoms with Crippen molar-refractivity contribution in [3.05, 3.63) is 0 Å². The smallest absolute Gasteiger partial charge is 0.215 e.